The summed E-state index contributed by atoms with van der Waals surface area (Å²) in [5.41, 5.74) is 2.79. The summed E-state index contributed by atoms with van der Waals surface area (Å²) in [7, 11) is 0. The average Bonchev–Trinajstić information content (AvgIpc) is 3.62. The van der Waals surface area contributed by atoms with Gasteiger partial charge in [0.1, 0.15) is 23.9 Å². The minimum atomic E-state index is -0.959. The third kappa shape index (κ3) is 6.18. The zero-order valence-corrected chi connectivity index (χ0v) is 24.1. The third-order valence-corrected chi connectivity index (χ3v) is 8.85. The van der Waals surface area contributed by atoms with Crippen LogP contribution in [0.5, 0.6) is 5.75 Å². The largest absolute Gasteiger partial charge is 0.507 e. The molecule has 1 aliphatic heterocycles. The highest BCUT2D eigenvalue weighted by Gasteiger charge is 2.48. The molecule has 5 aromatic rings. The molecule has 8 nitrogen and oxygen atoms in total. The van der Waals surface area contributed by atoms with Gasteiger partial charge in [0.2, 0.25) is 5.13 Å². The second kappa shape index (κ2) is 12.6. The van der Waals surface area contributed by atoms with E-state index in [-0.39, 0.29) is 22.3 Å². The molecule has 0 bridgehead atoms. The summed E-state index contributed by atoms with van der Waals surface area (Å²) in [6.45, 7) is 0.379. The predicted octanol–water partition coefficient (Wildman–Crippen LogP) is 6.57. The van der Waals surface area contributed by atoms with Crippen molar-refractivity contribution in [3.05, 3.63) is 137 Å². The van der Waals surface area contributed by atoms with Crippen molar-refractivity contribution in [3.8, 4) is 5.75 Å². The smallest absolute Gasteiger partial charge is 0.301 e. The molecule has 0 saturated carbocycles. The SMILES string of the molecule is O=C1C(=O)N(c2nnc(SCc3ccc(F)cc3)s2)C(c2ccc(OCc3ccccc3)cc2)/C1=C(\O)c1ccncc1. The predicted molar refractivity (Wildman–Crippen MR) is 162 cm³/mol. The van der Waals surface area contributed by atoms with E-state index in [0.717, 1.165) is 22.5 Å². The zero-order chi connectivity index (χ0) is 29.8. The van der Waals surface area contributed by atoms with Crippen LogP contribution < -0.4 is 9.64 Å². The first kappa shape index (κ1) is 28.3. The number of ether oxygens (including phenoxy) is 1. The lowest BCUT2D eigenvalue weighted by molar-refractivity contribution is -0.132. The molecule has 11 heteroatoms. The molecule has 1 unspecified atom stereocenters. The molecule has 1 aliphatic rings. The number of thioether (sulfide) groups is 1. The number of hydrogen-bond donors (Lipinski definition) is 1. The Balaban J connectivity index is 1.32. The number of halogens is 1. The van der Waals surface area contributed by atoms with E-state index in [0.29, 0.717) is 33.6 Å². The lowest BCUT2D eigenvalue weighted by atomic mass is 9.95. The van der Waals surface area contributed by atoms with Gasteiger partial charge in [-0.05, 0) is 53.1 Å². The van der Waals surface area contributed by atoms with Gasteiger partial charge in [-0.25, -0.2) is 4.39 Å². The summed E-state index contributed by atoms with van der Waals surface area (Å²) < 4.78 is 19.8. The van der Waals surface area contributed by atoms with Crippen molar-refractivity contribution in [3.63, 3.8) is 0 Å². The van der Waals surface area contributed by atoms with Gasteiger partial charge in [-0.15, -0.1) is 10.2 Å². The highest BCUT2D eigenvalue weighted by molar-refractivity contribution is 8.00. The normalized spacial score (nSPS) is 16.0. The Morgan fingerprint density at radius 1 is 0.907 bits per heavy atom. The molecule has 0 aliphatic carbocycles. The van der Waals surface area contributed by atoms with Crippen LogP contribution in [0.1, 0.15) is 28.3 Å². The fraction of sp³-hybridized carbons (Fsp3) is 0.0938. The quantitative estimate of drug-likeness (QED) is 0.0657. The summed E-state index contributed by atoms with van der Waals surface area (Å²) >= 11 is 2.54. The minimum absolute atomic E-state index is 0.0649. The standard InChI is InChI=1S/C32H23FN4O4S2/c33-24-10-6-21(7-11-24)19-42-32-36-35-31(43-32)37-27(26(29(39)30(37)40)28(38)23-14-16-34-17-15-23)22-8-12-25(13-9-22)41-18-20-4-2-1-3-5-20/h1-17,27,38H,18-19H2/b28-26+. The molecule has 1 fully saturated rings. The summed E-state index contributed by atoms with van der Waals surface area (Å²) in [5.74, 6) is -1.16. The molecule has 2 aromatic heterocycles. The van der Waals surface area contributed by atoms with Gasteiger partial charge in [0.05, 0.1) is 11.6 Å². The van der Waals surface area contributed by atoms with Gasteiger partial charge in [-0.2, -0.15) is 0 Å². The molecule has 1 saturated heterocycles. The number of anilines is 1. The van der Waals surface area contributed by atoms with E-state index in [1.807, 2.05) is 30.3 Å². The molecule has 214 valence electrons. The first-order valence-electron chi connectivity index (χ1n) is 13.2. The van der Waals surface area contributed by atoms with E-state index in [2.05, 4.69) is 15.2 Å². The van der Waals surface area contributed by atoms with Crippen LogP contribution in [-0.2, 0) is 21.9 Å². The Morgan fingerprint density at radius 2 is 1.63 bits per heavy atom. The zero-order valence-electron chi connectivity index (χ0n) is 22.5. The van der Waals surface area contributed by atoms with Gasteiger partial charge in [-0.1, -0.05) is 77.7 Å². The summed E-state index contributed by atoms with van der Waals surface area (Å²) in [6, 6.07) is 25.1. The molecular formula is C32H23FN4O4S2. The Labute approximate surface area is 254 Å². The summed E-state index contributed by atoms with van der Waals surface area (Å²) in [4.78, 5) is 32.2. The van der Waals surface area contributed by atoms with Crippen LogP contribution in [0, 0.1) is 5.82 Å². The van der Waals surface area contributed by atoms with Crippen molar-refractivity contribution in [2.75, 3.05) is 4.90 Å². The molecule has 0 spiro atoms. The van der Waals surface area contributed by atoms with E-state index in [4.69, 9.17) is 4.74 Å². The molecular weight excluding hydrogens is 588 g/mol. The topological polar surface area (TPSA) is 106 Å². The molecule has 3 aromatic carbocycles. The number of carbonyl (C=O) groups is 2. The monoisotopic (exact) mass is 610 g/mol. The average molecular weight is 611 g/mol. The van der Waals surface area contributed by atoms with Crippen molar-refractivity contribution in [1.82, 2.24) is 15.2 Å². The summed E-state index contributed by atoms with van der Waals surface area (Å²) in [6.07, 6.45) is 2.99. The van der Waals surface area contributed by atoms with Crippen LogP contribution in [0.3, 0.4) is 0 Å². The van der Waals surface area contributed by atoms with Gasteiger partial charge < -0.3 is 9.84 Å². The second-order valence-electron chi connectivity index (χ2n) is 9.51. The Kier molecular flexibility index (Phi) is 8.25. The van der Waals surface area contributed by atoms with E-state index < -0.39 is 17.7 Å². The number of rotatable bonds is 9. The van der Waals surface area contributed by atoms with Crippen molar-refractivity contribution < 1.29 is 23.8 Å². The number of aliphatic hydroxyl groups excluding tert-OH is 1. The van der Waals surface area contributed by atoms with Crippen LogP contribution >= 0.6 is 23.1 Å². The fourth-order valence-electron chi connectivity index (χ4n) is 4.58. The first-order valence-corrected chi connectivity index (χ1v) is 15.0. The second-order valence-corrected chi connectivity index (χ2v) is 11.7. The van der Waals surface area contributed by atoms with Gasteiger partial charge >= 0.3 is 5.91 Å². The fourth-order valence-corrected chi connectivity index (χ4v) is 6.41. The molecule has 1 N–H and O–H groups in total. The molecule has 6 rings (SSSR count). The van der Waals surface area contributed by atoms with Gasteiger partial charge in [-0.3, -0.25) is 19.5 Å². The molecule has 43 heavy (non-hydrogen) atoms. The van der Waals surface area contributed by atoms with Crippen molar-refractivity contribution in [1.29, 1.82) is 0 Å². The number of aliphatic hydroxyl groups is 1. The first-order chi connectivity index (χ1) is 21.0. The lowest BCUT2D eigenvalue weighted by Gasteiger charge is -2.22. The maximum absolute atomic E-state index is 13.5. The molecule has 3 heterocycles. The highest BCUT2D eigenvalue weighted by Crippen LogP contribution is 2.44. The number of pyridine rings is 1. The Morgan fingerprint density at radius 3 is 2.35 bits per heavy atom. The number of Topliss-reactive ketones (excluding diaryl/α,β-unsaturated/α-hetero) is 1. The number of ketones is 1. The number of nitrogens with zero attached hydrogens (tertiary/aromatic N) is 4. The maximum Gasteiger partial charge on any atom is 0.301 e. The van der Waals surface area contributed by atoms with E-state index in [9.17, 15) is 19.1 Å². The Bertz CT molecular complexity index is 1780. The van der Waals surface area contributed by atoms with Crippen LogP contribution in [-0.4, -0.2) is 32.0 Å². The molecule has 1 atom stereocenters. The van der Waals surface area contributed by atoms with Crippen molar-refractivity contribution in [2.45, 2.75) is 22.7 Å². The van der Waals surface area contributed by atoms with Crippen LogP contribution in [0.15, 0.2) is 113 Å². The number of amides is 1. The van der Waals surface area contributed by atoms with Crippen LogP contribution in [0.4, 0.5) is 9.52 Å². The molecule has 0 radical (unpaired) electrons. The van der Waals surface area contributed by atoms with Gasteiger partial charge in [0.15, 0.2) is 4.34 Å². The van der Waals surface area contributed by atoms with E-state index in [1.54, 1.807) is 48.5 Å². The number of benzene rings is 3. The van der Waals surface area contributed by atoms with E-state index in [1.165, 1.54) is 41.2 Å². The third-order valence-electron chi connectivity index (χ3n) is 6.72. The number of aromatic nitrogens is 3. The van der Waals surface area contributed by atoms with Crippen molar-refractivity contribution >= 4 is 45.7 Å². The van der Waals surface area contributed by atoms with Crippen molar-refractivity contribution in [2.24, 2.45) is 0 Å². The molecule has 1 amide bonds. The highest BCUT2D eigenvalue weighted by atomic mass is 32.2. The number of hydrogen-bond acceptors (Lipinski definition) is 9. The van der Waals surface area contributed by atoms with Gasteiger partial charge in [0.25, 0.3) is 5.78 Å². The van der Waals surface area contributed by atoms with E-state index >= 15 is 0 Å². The lowest BCUT2D eigenvalue weighted by Crippen LogP contribution is -2.29. The van der Waals surface area contributed by atoms with Crippen LogP contribution in [0.2, 0.25) is 0 Å². The number of carbonyl (C=O) groups excluding carboxylic acids is 2. The minimum Gasteiger partial charge on any atom is -0.507 e. The van der Waals surface area contributed by atoms with Crippen LogP contribution in [0.25, 0.3) is 5.76 Å². The summed E-state index contributed by atoms with van der Waals surface area (Å²) in [5, 5.41) is 19.9. The maximum atomic E-state index is 13.5. The van der Waals surface area contributed by atoms with Gasteiger partial charge in [0, 0.05) is 23.7 Å². The Hall–Kier alpha value is -4.87.